The normalized spacial score (nSPS) is 23.5. The Kier molecular flexibility index (Phi) is 3.19. The van der Waals surface area contributed by atoms with Gasteiger partial charge in [-0.1, -0.05) is 0 Å². The van der Waals surface area contributed by atoms with Gasteiger partial charge in [-0.3, -0.25) is 4.18 Å². The van der Waals surface area contributed by atoms with Gasteiger partial charge in [-0.2, -0.15) is 0 Å². The zero-order valence-corrected chi connectivity index (χ0v) is 6.26. The van der Waals surface area contributed by atoms with Gasteiger partial charge in [0.05, 0.1) is 13.2 Å². The summed E-state index contributed by atoms with van der Waals surface area (Å²) in [6.07, 6.45) is -0.186. The molecule has 1 rings (SSSR count). The molecule has 0 aliphatic carbocycles. The van der Waals surface area contributed by atoms with Crippen LogP contribution in [0.3, 0.4) is 0 Å². The maximum Gasteiger partial charge on any atom is 0.217 e. The lowest BCUT2D eigenvalue weighted by molar-refractivity contribution is 0.231. The average Bonchev–Trinajstić information content (AvgIpc) is 2.38. The molecule has 0 aromatic carbocycles. The molecule has 62 valence electrons. The number of ether oxygens (including phenoxy) is 1. The first-order valence-electron chi connectivity index (χ1n) is 2.30. The summed E-state index contributed by atoms with van der Waals surface area (Å²) in [4.78, 5) is 0. The molecule has 0 spiro atoms. The topological polar surface area (TPSA) is 115 Å². The summed E-state index contributed by atoms with van der Waals surface area (Å²) >= 11 is 0. The number of rotatable bonds is 3. The molecule has 0 amide bonds. The third kappa shape index (κ3) is 4.65. The van der Waals surface area contributed by atoms with E-state index in [0.717, 1.165) is 0 Å². The molecule has 0 aromatic rings. The smallest absolute Gasteiger partial charge is 0.217 e. The summed E-state index contributed by atoms with van der Waals surface area (Å²) in [7, 11) is -4.51. The van der Waals surface area contributed by atoms with E-state index in [4.69, 9.17) is 0 Å². The molecule has 1 aliphatic rings. The van der Waals surface area contributed by atoms with Gasteiger partial charge in [0.2, 0.25) is 10.4 Å². The summed E-state index contributed by atoms with van der Waals surface area (Å²) in [6.45, 7) is 0.335. The lowest BCUT2D eigenvalue weighted by Crippen LogP contribution is -2.08. The Bertz CT molecular complexity index is 183. The summed E-state index contributed by atoms with van der Waals surface area (Å²) in [5, 5.41) is 0. The van der Waals surface area contributed by atoms with Gasteiger partial charge in [0.25, 0.3) is 0 Å². The number of hydrogen-bond acceptors (Lipinski definition) is 5. The minimum atomic E-state index is -4.51. The van der Waals surface area contributed by atoms with Crippen molar-refractivity contribution in [1.82, 2.24) is 6.15 Å². The average molecular weight is 171 g/mol. The standard InChI is InChI=1S/C3H6O5S.H3N/c4-9(5,6)8-2-3-1-7-3;/h3H,1-2H2,(H,4,5,6);1H3. The van der Waals surface area contributed by atoms with E-state index in [1.807, 2.05) is 0 Å². The van der Waals surface area contributed by atoms with Crippen LogP contribution in [0.5, 0.6) is 0 Å². The molecule has 1 atom stereocenters. The fourth-order valence-electron chi connectivity index (χ4n) is 0.323. The van der Waals surface area contributed by atoms with Crippen LogP contribution in [0.25, 0.3) is 0 Å². The molecule has 0 radical (unpaired) electrons. The second-order valence-electron chi connectivity index (χ2n) is 1.65. The van der Waals surface area contributed by atoms with Crippen LogP contribution in [0.2, 0.25) is 0 Å². The Morgan fingerprint density at radius 3 is 2.50 bits per heavy atom. The predicted octanol–water partition coefficient (Wildman–Crippen LogP) is -0.762. The molecule has 1 aliphatic heterocycles. The van der Waals surface area contributed by atoms with Crippen LogP contribution in [0.1, 0.15) is 0 Å². The molecule has 1 saturated heterocycles. The van der Waals surface area contributed by atoms with Crippen molar-refractivity contribution in [1.29, 1.82) is 0 Å². The summed E-state index contributed by atoms with van der Waals surface area (Å²) in [5.74, 6) is 0. The van der Waals surface area contributed by atoms with Crippen LogP contribution >= 0.6 is 0 Å². The lowest BCUT2D eigenvalue weighted by Gasteiger charge is -2.03. The fraction of sp³-hybridized carbons (Fsp3) is 1.00. The molecule has 0 aromatic heterocycles. The Labute approximate surface area is 58.7 Å². The highest BCUT2D eigenvalue weighted by Crippen LogP contribution is 2.09. The van der Waals surface area contributed by atoms with Gasteiger partial charge < -0.3 is 15.4 Å². The number of epoxide rings is 1. The third-order valence-electron chi connectivity index (χ3n) is 0.801. The molecule has 1 unspecified atom stereocenters. The highest BCUT2D eigenvalue weighted by atomic mass is 32.3. The largest absolute Gasteiger partial charge is 0.726 e. The number of hydrogen-bond donors (Lipinski definition) is 1. The van der Waals surface area contributed by atoms with Crippen molar-refractivity contribution in [2.45, 2.75) is 6.10 Å². The zero-order chi connectivity index (χ0) is 6.91. The first kappa shape index (κ1) is 9.79. The van der Waals surface area contributed by atoms with Gasteiger partial charge in [-0.15, -0.1) is 0 Å². The van der Waals surface area contributed by atoms with Gasteiger partial charge in [-0.05, 0) is 0 Å². The maximum atomic E-state index is 9.73. The van der Waals surface area contributed by atoms with Crippen molar-refractivity contribution in [2.24, 2.45) is 0 Å². The molecule has 7 heteroatoms. The van der Waals surface area contributed by atoms with Crippen molar-refractivity contribution >= 4 is 10.4 Å². The second-order valence-corrected chi connectivity index (χ2v) is 2.70. The van der Waals surface area contributed by atoms with E-state index >= 15 is 0 Å². The molecule has 1 heterocycles. The fourth-order valence-corrected chi connectivity index (χ4v) is 0.642. The van der Waals surface area contributed by atoms with Gasteiger partial charge in [-0.25, -0.2) is 8.42 Å². The Morgan fingerprint density at radius 1 is 1.70 bits per heavy atom. The quantitative estimate of drug-likeness (QED) is 0.340. The van der Waals surface area contributed by atoms with Crippen LogP contribution in [-0.4, -0.2) is 32.3 Å². The van der Waals surface area contributed by atoms with Crippen molar-refractivity contribution in [2.75, 3.05) is 13.2 Å². The minimum Gasteiger partial charge on any atom is -0.726 e. The van der Waals surface area contributed by atoms with Gasteiger partial charge in [0, 0.05) is 0 Å². The Hall–Kier alpha value is -0.210. The van der Waals surface area contributed by atoms with Gasteiger partial charge in [0.1, 0.15) is 6.10 Å². The van der Waals surface area contributed by atoms with E-state index in [1.165, 1.54) is 0 Å². The first-order chi connectivity index (χ1) is 4.08. The third-order valence-corrected chi connectivity index (χ3v) is 1.23. The summed E-state index contributed by atoms with van der Waals surface area (Å²) in [6, 6.07) is 0. The van der Waals surface area contributed by atoms with Gasteiger partial charge in [0.15, 0.2) is 0 Å². The lowest BCUT2D eigenvalue weighted by atomic mass is 10.5. The Morgan fingerprint density at radius 2 is 2.20 bits per heavy atom. The van der Waals surface area contributed by atoms with E-state index in [0.29, 0.717) is 6.61 Å². The predicted molar refractivity (Wildman–Crippen MR) is 31.4 cm³/mol. The van der Waals surface area contributed by atoms with Crippen molar-refractivity contribution < 1.29 is 21.9 Å². The highest BCUT2D eigenvalue weighted by Gasteiger charge is 2.23. The molecule has 6 nitrogen and oxygen atoms in total. The Balaban J connectivity index is 0.000000810. The van der Waals surface area contributed by atoms with E-state index in [1.54, 1.807) is 0 Å². The van der Waals surface area contributed by atoms with Gasteiger partial charge >= 0.3 is 0 Å². The van der Waals surface area contributed by atoms with E-state index in [9.17, 15) is 13.0 Å². The van der Waals surface area contributed by atoms with E-state index in [2.05, 4.69) is 8.92 Å². The SMILES string of the molecule is O=S(=O)([O-])OCC1CO1.[NH4+]. The first-order valence-corrected chi connectivity index (χ1v) is 3.63. The molecular formula is C3H9NO5S. The monoisotopic (exact) mass is 171 g/mol. The van der Waals surface area contributed by atoms with Crippen LogP contribution in [0, 0.1) is 0 Å². The molecule has 4 N–H and O–H groups in total. The van der Waals surface area contributed by atoms with Crippen molar-refractivity contribution in [3.8, 4) is 0 Å². The highest BCUT2D eigenvalue weighted by molar-refractivity contribution is 7.80. The van der Waals surface area contributed by atoms with E-state index < -0.39 is 10.4 Å². The molecule has 10 heavy (non-hydrogen) atoms. The second kappa shape index (κ2) is 3.26. The zero-order valence-electron chi connectivity index (χ0n) is 5.44. The van der Waals surface area contributed by atoms with E-state index in [-0.39, 0.29) is 18.9 Å². The molecule has 0 saturated carbocycles. The van der Waals surface area contributed by atoms with Crippen LogP contribution < -0.4 is 6.15 Å². The molecule has 1 fully saturated rings. The molecular weight excluding hydrogens is 162 g/mol. The molecule has 0 bridgehead atoms. The maximum absolute atomic E-state index is 9.73. The summed E-state index contributed by atoms with van der Waals surface area (Å²) < 4.78 is 37.6. The van der Waals surface area contributed by atoms with Crippen LogP contribution in [0.4, 0.5) is 0 Å². The number of quaternary nitrogens is 1. The van der Waals surface area contributed by atoms with Crippen molar-refractivity contribution in [3.05, 3.63) is 0 Å². The minimum absolute atomic E-state index is 0. The van der Waals surface area contributed by atoms with Crippen LogP contribution in [-0.2, 0) is 19.3 Å². The summed E-state index contributed by atoms with van der Waals surface area (Å²) in [5.41, 5.74) is 0. The van der Waals surface area contributed by atoms with Crippen LogP contribution in [0.15, 0.2) is 0 Å². The van der Waals surface area contributed by atoms with Crippen molar-refractivity contribution in [3.63, 3.8) is 0 Å².